The van der Waals surface area contributed by atoms with Gasteiger partial charge in [-0.25, -0.2) is 0 Å². The minimum absolute atomic E-state index is 0.0393. The van der Waals surface area contributed by atoms with Crippen molar-refractivity contribution in [3.63, 3.8) is 0 Å². The molecule has 100 valence electrons. The molecule has 0 radical (unpaired) electrons. The fourth-order valence-electron chi connectivity index (χ4n) is 2.43. The third-order valence-corrected chi connectivity index (χ3v) is 3.49. The number of aryl methyl sites for hydroxylation is 2. The molecule has 4 heteroatoms. The van der Waals surface area contributed by atoms with Crippen molar-refractivity contribution >= 4 is 17.5 Å². The third kappa shape index (κ3) is 2.89. The molecule has 0 heterocycles. The SMILES string of the molecule is Cc1cccc(C)c1C(=O)NC1CCC(=O)CC1=O. The maximum absolute atomic E-state index is 12.2. The van der Waals surface area contributed by atoms with Crippen molar-refractivity contribution in [2.75, 3.05) is 0 Å². The van der Waals surface area contributed by atoms with Crippen molar-refractivity contribution in [2.45, 2.75) is 39.2 Å². The lowest BCUT2D eigenvalue weighted by atomic mass is 9.92. The van der Waals surface area contributed by atoms with Crippen LogP contribution in [0.5, 0.6) is 0 Å². The number of nitrogens with one attached hydrogen (secondary N) is 1. The molecular formula is C15H17NO3. The first-order chi connectivity index (χ1) is 8.99. The van der Waals surface area contributed by atoms with Gasteiger partial charge in [-0.2, -0.15) is 0 Å². The van der Waals surface area contributed by atoms with Crippen molar-refractivity contribution in [2.24, 2.45) is 0 Å². The van der Waals surface area contributed by atoms with Gasteiger partial charge in [0, 0.05) is 12.0 Å². The lowest BCUT2D eigenvalue weighted by Crippen LogP contribution is -2.44. The molecule has 1 fully saturated rings. The Balaban J connectivity index is 2.13. The van der Waals surface area contributed by atoms with E-state index in [1.807, 2.05) is 32.0 Å². The number of carbonyl (C=O) groups is 3. The summed E-state index contributed by atoms with van der Waals surface area (Å²) in [5.74, 6) is -0.457. The highest BCUT2D eigenvalue weighted by molar-refractivity contribution is 6.06. The van der Waals surface area contributed by atoms with Crippen LogP contribution in [0, 0.1) is 13.8 Å². The smallest absolute Gasteiger partial charge is 0.252 e. The molecule has 1 amide bonds. The highest BCUT2D eigenvalue weighted by Crippen LogP contribution is 2.16. The van der Waals surface area contributed by atoms with E-state index >= 15 is 0 Å². The van der Waals surface area contributed by atoms with Crippen LogP contribution in [0.2, 0.25) is 0 Å². The number of rotatable bonds is 2. The summed E-state index contributed by atoms with van der Waals surface area (Å²) in [6.07, 6.45) is 0.718. The first-order valence-corrected chi connectivity index (χ1v) is 6.40. The fraction of sp³-hybridized carbons (Fsp3) is 0.400. The average molecular weight is 259 g/mol. The van der Waals surface area contributed by atoms with Crippen LogP contribution in [-0.2, 0) is 9.59 Å². The number of hydrogen-bond acceptors (Lipinski definition) is 3. The maximum Gasteiger partial charge on any atom is 0.252 e. The topological polar surface area (TPSA) is 63.2 Å². The predicted octanol–water partition coefficient (Wildman–Crippen LogP) is 1.72. The highest BCUT2D eigenvalue weighted by atomic mass is 16.2. The molecule has 1 aromatic carbocycles. The Morgan fingerprint density at radius 1 is 1.21 bits per heavy atom. The second kappa shape index (κ2) is 5.34. The quantitative estimate of drug-likeness (QED) is 0.823. The van der Waals surface area contributed by atoms with E-state index in [9.17, 15) is 14.4 Å². The van der Waals surface area contributed by atoms with Gasteiger partial charge in [0.05, 0.1) is 12.5 Å². The molecule has 1 saturated carbocycles. The number of benzene rings is 1. The zero-order chi connectivity index (χ0) is 14.0. The van der Waals surface area contributed by atoms with Gasteiger partial charge in [-0.15, -0.1) is 0 Å². The normalized spacial score (nSPS) is 19.4. The largest absolute Gasteiger partial charge is 0.342 e. The molecule has 2 rings (SSSR count). The number of hydrogen-bond donors (Lipinski definition) is 1. The lowest BCUT2D eigenvalue weighted by Gasteiger charge is -2.22. The van der Waals surface area contributed by atoms with Crippen molar-refractivity contribution in [3.8, 4) is 0 Å². The zero-order valence-corrected chi connectivity index (χ0v) is 11.2. The summed E-state index contributed by atoms with van der Waals surface area (Å²) in [4.78, 5) is 35.1. The third-order valence-electron chi connectivity index (χ3n) is 3.49. The average Bonchev–Trinajstić information content (AvgIpc) is 2.32. The van der Waals surface area contributed by atoms with Gasteiger partial charge in [-0.05, 0) is 31.4 Å². The molecule has 0 spiro atoms. The van der Waals surface area contributed by atoms with Crippen LogP contribution in [-0.4, -0.2) is 23.5 Å². The van der Waals surface area contributed by atoms with Crippen LogP contribution >= 0.6 is 0 Å². The summed E-state index contributed by atoms with van der Waals surface area (Å²) in [6, 6.07) is 5.11. The van der Waals surface area contributed by atoms with Crippen LogP contribution < -0.4 is 5.32 Å². The Morgan fingerprint density at radius 2 is 1.84 bits per heavy atom. The van der Waals surface area contributed by atoms with Gasteiger partial charge in [-0.1, -0.05) is 18.2 Å². The van der Waals surface area contributed by atoms with Crippen molar-refractivity contribution in [1.82, 2.24) is 5.32 Å². The molecule has 0 bridgehead atoms. The molecule has 0 aromatic heterocycles. The number of amides is 1. The van der Waals surface area contributed by atoms with E-state index in [4.69, 9.17) is 0 Å². The maximum atomic E-state index is 12.2. The second-order valence-corrected chi connectivity index (χ2v) is 5.01. The van der Waals surface area contributed by atoms with Gasteiger partial charge in [0.2, 0.25) is 0 Å². The molecule has 4 nitrogen and oxygen atoms in total. The first kappa shape index (κ1) is 13.5. The van der Waals surface area contributed by atoms with Gasteiger partial charge in [0.1, 0.15) is 5.78 Å². The van der Waals surface area contributed by atoms with Crippen LogP contribution in [0.3, 0.4) is 0 Å². The van der Waals surface area contributed by atoms with Crippen LogP contribution in [0.4, 0.5) is 0 Å². The van der Waals surface area contributed by atoms with E-state index in [1.54, 1.807) is 0 Å². The van der Waals surface area contributed by atoms with Crippen molar-refractivity contribution < 1.29 is 14.4 Å². The van der Waals surface area contributed by atoms with E-state index in [0.717, 1.165) is 11.1 Å². The predicted molar refractivity (Wildman–Crippen MR) is 71.0 cm³/mol. The Kier molecular flexibility index (Phi) is 3.79. The molecule has 1 atom stereocenters. The molecule has 19 heavy (non-hydrogen) atoms. The summed E-state index contributed by atoms with van der Waals surface area (Å²) < 4.78 is 0. The van der Waals surface area contributed by atoms with E-state index in [0.29, 0.717) is 18.4 Å². The van der Waals surface area contributed by atoms with Crippen LogP contribution in [0.25, 0.3) is 0 Å². The van der Waals surface area contributed by atoms with Crippen LogP contribution in [0.15, 0.2) is 18.2 Å². The monoisotopic (exact) mass is 259 g/mol. The standard InChI is InChI=1S/C15H17NO3/c1-9-4-3-5-10(2)14(9)15(19)16-12-7-6-11(17)8-13(12)18/h3-5,12H,6-8H2,1-2H3,(H,16,19). The van der Waals surface area contributed by atoms with Gasteiger partial charge in [0.25, 0.3) is 5.91 Å². The van der Waals surface area contributed by atoms with E-state index in [2.05, 4.69) is 5.32 Å². The fourth-order valence-corrected chi connectivity index (χ4v) is 2.43. The molecule has 0 saturated heterocycles. The second-order valence-electron chi connectivity index (χ2n) is 5.01. The van der Waals surface area contributed by atoms with Crippen LogP contribution in [0.1, 0.15) is 40.7 Å². The first-order valence-electron chi connectivity index (χ1n) is 6.40. The summed E-state index contributed by atoms with van der Waals surface area (Å²) in [7, 11) is 0. The Labute approximate surface area is 112 Å². The molecule has 1 unspecified atom stereocenters. The van der Waals surface area contributed by atoms with E-state index in [-0.39, 0.29) is 23.9 Å². The minimum atomic E-state index is -0.524. The van der Waals surface area contributed by atoms with Crippen molar-refractivity contribution in [3.05, 3.63) is 34.9 Å². The number of ketones is 2. The van der Waals surface area contributed by atoms with E-state index < -0.39 is 6.04 Å². The minimum Gasteiger partial charge on any atom is -0.342 e. The molecule has 1 aromatic rings. The van der Waals surface area contributed by atoms with Crippen molar-refractivity contribution in [1.29, 1.82) is 0 Å². The Morgan fingerprint density at radius 3 is 2.42 bits per heavy atom. The summed E-state index contributed by atoms with van der Waals surface area (Å²) >= 11 is 0. The number of Topliss-reactive ketones (excluding diaryl/α,β-unsaturated/α-hetero) is 2. The molecular weight excluding hydrogens is 242 g/mol. The van der Waals surface area contributed by atoms with Gasteiger partial charge < -0.3 is 5.32 Å². The highest BCUT2D eigenvalue weighted by Gasteiger charge is 2.28. The Hall–Kier alpha value is -1.97. The molecule has 1 aliphatic rings. The summed E-state index contributed by atoms with van der Waals surface area (Å²) in [5, 5.41) is 2.75. The van der Waals surface area contributed by atoms with Gasteiger partial charge >= 0.3 is 0 Å². The Bertz CT molecular complexity index is 528. The van der Waals surface area contributed by atoms with E-state index in [1.165, 1.54) is 0 Å². The van der Waals surface area contributed by atoms with Gasteiger partial charge in [-0.3, -0.25) is 14.4 Å². The van der Waals surface area contributed by atoms with Gasteiger partial charge in [0.15, 0.2) is 5.78 Å². The summed E-state index contributed by atoms with van der Waals surface area (Å²) in [6.45, 7) is 3.74. The molecule has 1 aliphatic carbocycles. The molecule has 1 N–H and O–H groups in total. The lowest BCUT2D eigenvalue weighted by molar-refractivity contribution is -0.131. The summed E-state index contributed by atoms with van der Waals surface area (Å²) in [5.41, 5.74) is 2.39. The molecule has 0 aliphatic heterocycles. The number of carbonyl (C=O) groups excluding carboxylic acids is 3. The zero-order valence-electron chi connectivity index (χ0n) is 11.2.